The average Bonchev–Trinajstić information content (AvgIpc) is 3.24. The highest BCUT2D eigenvalue weighted by atomic mass is 32.1. The summed E-state index contributed by atoms with van der Waals surface area (Å²) >= 11 is 1.44. The molecular weight excluding hydrogens is 420 g/mol. The van der Waals surface area contributed by atoms with E-state index in [4.69, 9.17) is 14.5 Å². The maximum absolute atomic E-state index is 13.6. The maximum Gasteiger partial charge on any atom is 0.233 e. The third kappa shape index (κ3) is 4.46. The summed E-state index contributed by atoms with van der Waals surface area (Å²) in [6.07, 6.45) is 0.309. The molecule has 0 aliphatic rings. The smallest absolute Gasteiger partial charge is 0.233 e. The quantitative estimate of drug-likeness (QED) is 0.365. The van der Waals surface area contributed by atoms with Crippen molar-refractivity contribution in [2.75, 3.05) is 19.1 Å². The predicted molar refractivity (Wildman–Crippen MR) is 130 cm³/mol. The standard InChI is InChI=1S/C26H26N2O3S/c1-17-10-11-20(18(2)14-17)15-23(29)28(16-19-8-6-5-7-9-19)26-27-24-21(30-3)12-13-22(31-4)25(24)32-26/h5-14H,15-16H2,1-4H3. The number of hydrogen-bond donors (Lipinski definition) is 0. The first-order valence-corrected chi connectivity index (χ1v) is 11.2. The van der Waals surface area contributed by atoms with Crippen LogP contribution in [-0.2, 0) is 17.8 Å². The number of amides is 1. The van der Waals surface area contributed by atoms with E-state index >= 15 is 0 Å². The van der Waals surface area contributed by atoms with Crippen molar-refractivity contribution in [1.82, 2.24) is 4.98 Å². The van der Waals surface area contributed by atoms with Gasteiger partial charge in [0.05, 0.1) is 27.2 Å². The van der Waals surface area contributed by atoms with Crippen LogP contribution in [0.25, 0.3) is 10.2 Å². The summed E-state index contributed by atoms with van der Waals surface area (Å²) in [6.45, 7) is 4.54. The third-order valence-electron chi connectivity index (χ3n) is 5.45. The molecule has 32 heavy (non-hydrogen) atoms. The Morgan fingerprint density at radius 2 is 1.69 bits per heavy atom. The van der Waals surface area contributed by atoms with E-state index in [1.165, 1.54) is 16.9 Å². The molecule has 0 fully saturated rings. The van der Waals surface area contributed by atoms with Gasteiger partial charge in [0.15, 0.2) is 5.13 Å². The number of rotatable bonds is 7. The molecule has 4 aromatic rings. The highest BCUT2D eigenvalue weighted by molar-refractivity contribution is 7.22. The van der Waals surface area contributed by atoms with Crippen molar-refractivity contribution in [3.63, 3.8) is 0 Å². The topological polar surface area (TPSA) is 51.7 Å². The van der Waals surface area contributed by atoms with E-state index < -0.39 is 0 Å². The zero-order valence-electron chi connectivity index (χ0n) is 18.7. The molecular formula is C26H26N2O3S. The Balaban J connectivity index is 1.76. The Hall–Kier alpha value is -3.38. The van der Waals surface area contributed by atoms with Crippen molar-refractivity contribution in [3.05, 3.63) is 82.9 Å². The third-order valence-corrected chi connectivity index (χ3v) is 6.55. The molecule has 0 atom stereocenters. The number of anilines is 1. The first kappa shape index (κ1) is 21.8. The lowest BCUT2D eigenvalue weighted by Crippen LogP contribution is -2.31. The van der Waals surface area contributed by atoms with E-state index in [2.05, 4.69) is 13.0 Å². The molecule has 0 aliphatic heterocycles. The number of fused-ring (bicyclic) bond motifs is 1. The van der Waals surface area contributed by atoms with Crippen molar-refractivity contribution in [3.8, 4) is 11.5 Å². The van der Waals surface area contributed by atoms with Crippen LogP contribution in [0.2, 0.25) is 0 Å². The molecule has 0 radical (unpaired) electrons. The Morgan fingerprint density at radius 1 is 0.969 bits per heavy atom. The van der Waals surface area contributed by atoms with Crippen molar-refractivity contribution in [2.24, 2.45) is 0 Å². The lowest BCUT2D eigenvalue weighted by molar-refractivity contribution is -0.118. The van der Waals surface area contributed by atoms with Gasteiger partial charge < -0.3 is 9.47 Å². The van der Waals surface area contributed by atoms with Gasteiger partial charge in [0.25, 0.3) is 0 Å². The SMILES string of the molecule is COc1ccc(OC)c2sc(N(Cc3ccccc3)C(=O)Cc3ccc(C)cc3C)nc12. The normalized spacial score (nSPS) is 10.9. The van der Waals surface area contributed by atoms with Gasteiger partial charge in [-0.1, -0.05) is 65.4 Å². The molecule has 3 aromatic carbocycles. The highest BCUT2D eigenvalue weighted by Gasteiger charge is 2.23. The van der Waals surface area contributed by atoms with Gasteiger partial charge in [-0.15, -0.1) is 0 Å². The van der Waals surface area contributed by atoms with Gasteiger partial charge in [-0.05, 0) is 42.7 Å². The second-order valence-electron chi connectivity index (χ2n) is 7.72. The fourth-order valence-electron chi connectivity index (χ4n) is 3.72. The fraction of sp³-hybridized carbons (Fsp3) is 0.231. The van der Waals surface area contributed by atoms with E-state index in [9.17, 15) is 4.79 Å². The van der Waals surface area contributed by atoms with Crippen molar-refractivity contribution in [1.29, 1.82) is 0 Å². The van der Waals surface area contributed by atoms with Crippen molar-refractivity contribution < 1.29 is 14.3 Å². The van der Waals surface area contributed by atoms with E-state index in [1.54, 1.807) is 19.1 Å². The number of benzene rings is 3. The van der Waals surface area contributed by atoms with Crippen LogP contribution < -0.4 is 14.4 Å². The first-order chi connectivity index (χ1) is 15.5. The molecule has 6 heteroatoms. The van der Waals surface area contributed by atoms with Gasteiger partial charge in [-0.25, -0.2) is 4.98 Å². The van der Waals surface area contributed by atoms with Crippen LogP contribution in [0.5, 0.6) is 11.5 Å². The van der Waals surface area contributed by atoms with Crippen molar-refractivity contribution in [2.45, 2.75) is 26.8 Å². The molecule has 0 unspecified atom stereocenters. The number of carbonyl (C=O) groups excluding carboxylic acids is 1. The molecule has 1 amide bonds. The minimum Gasteiger partial charge on any atom is -0.495 e. The fourth-order valence-corrected chi connectivity index (χ4v) is 4.81. The number of aryl methyl sites for hydroxylation is 2. The predicted octanol–water partition coefficient (Wildman–Crippen LogP) is 5.71. The van der Waals surface area contributed by atoms with Crippen LogP contribution in [0.4, 0.5) is 5.13 Å². The number of hydrogen-bond acceptors (Lipinski definition) is 5. The molecule has 0 saturated heterocycles. The van der Waals surface area contributed by atoms with Gasteiger partial charge in [0, 0.05) is 0 Å². The molecule has 1 heterocycles. The molecule has 0 spiro atoms. The second kappa shape index (κ2) is 9.40. The Bertz CT molecular complexity index is 1210. The number of aromatic nitrogens is 1. The second-order valence-corrected chi connectivity index (χ2v) is 8.69. The summed E-state index contributed by atoms with van der Waals surface area (Å²) < 4.78 is 11.9. The number of thiazole rings is 1. The van der Waals surface area contributed by atoms with E-state index in [0.717, 1.165) is 21.4 Å². The van der Waals surface area contributed by atoms with Crippen LogP contribution in [0, 0.1) is 13.8 Å². The monoisotopic (exact) mass is 446 g/mol. The molecule has 0 saturated carbocycles. The summed E-state index contributed by atoms with van der Waals surface area (Å²) in [5.41, 5.74) is 5.06. The van der Waals surface area contributed by atoms with E-state index in [1.807, 2.05) is 61.5 Å². The van der Waals surface area contributed by atoms with Crippen LogP contribution >= 0.6 is 11.3 Å². The van der Waals surface area contributed by atoms with E-state index in [-0.39, 0.29) is 5.91 Å². The summed E-state index contributed by atoms with van der Waals surface area (Å²) in [5.74, 6) is 1.37. The van der Waals surface area contributed by atoms with Crippen LogP contribution in [-0.4, -0.2) is 25.1 Å². The molecule has 1 aromatic heterocycles. The molecule has 164 valence electrons. The van der Waals surface area contributed by atoms with Gasteiger partial charge in [-0.3, -0.25) is 9.69 Å². The minimum atomic E-state index is -0.00204. The summed E-state index contributed by atoms with van der Waals surface area (Å²) in [6, 6.07) is 19.9. The summed E-state index contributed by atoms with van der Waals surface area (Å²) in [5, 5.41) is 0.626. The van der Waals surface area contributed by atoms with Gasteiger partial charge in [0.1, 0.15) is 21.7 Å². The van der Waals surface area contributed by atoms with Gasteiger partial charge in [0.2, 0.25) is 5.91 Å². The molecule has 4 rings (SSSR count). The van der Waals surface area contributed by atoms with E-state index in [0.29, 0.717) is 35.1 Å². The maximum atomic E-state index is 13.6. The number of nitrogens with zero attached hydrogens (tertiary/aromatic N) is 2. The van der Waals surface area contributed by atoms with Crippen LogP contribution in [0.3, 0.4) is 0 Å². The zero-order valence-corrected chi connectivity index (χ0v) is 19.5. The molecule has 0 bridgehead atoms. The average molecular weight is 447 g/mol. The molecule has 0 aliphatic carbocycles. The first-order valence-electron chi connectivity index (χ1n) is 10.4. The minimum absolute atomic E-state index is 0.00204. The lowest BCUT2D eigenvalue weighted by Gasteiger charge is -2.21. The largest absolute Gasteiger partial charge is 0.495 e. The molecule has 0 N–H and O–H groups in total. The van der Waals surface area contributed by atoms with Crippen molar-refractivity contribution >= 4 is 32.6 Å². The Morgan fingerprint density at radius 3 is 2.38 bits per heavy atom. The van der Waals surface area contributed by atoms with Crippen LogP contribution in [0.15, 0.2) is 60.7 Å². The molecule has 5 nitrogen and oxygen atoms in total. The Kier molecular flexibility index (Phi) is 6.42. The zero-order chi connectivity index (χ0) is 22.7. The number of methoxy groups -OCH3 is 2. The highest BCUT2D eigenvalue weighted by Crippen LogP contribution is 2.40. The summed E-state index contributed by atoms with van der Waals surface area (Å²) in [4.78, 5) is 20.1. The van der Waals surface area contributed by atoms with Crippen LogP contribution in [0.1, 0.15) is 22.3 Å². The summed E-state index contributed by atoms with van der Waals surface area (Å²) in [7, 11) is 3.25. The Labute approximate surface area is 192 Å². The number of carbonyl (C=O) groups is 1. The van der Waals surface area contributed by atoms with Gasteiger partial charge in [-0.2, -0.15) is 0 Å². The lowest BCUT2D eigenvalue weighted by atomic mass is 10.0. The number of ether oxygens (including phenoxy) is 2. The van der Waals surface area contributed by atoms with Gasteiger partial charge >= 0.3 is 0 Å².